The molecule has 29 heavy (non-hydrogen) atoms. The normalized spacial score (nSPS) is 15.9. The van der Waals surface area contributed by atoms with Crippen molar-refractivity contribution in [1.29, 1.82) is 0 Å². The van der Waals surface area contributed by atoms with Gasteiger partial charge in [-0.3, -0.25) is 9.59 Å². The van der Waals surface area contributed by atoms with Crippen LogP contribution in [0.1, 0.15) is 27.8 Å². The van der Waals surface area contributed by atoms with E-state index in [1.54, 1.807) is 0 Å². The Morgan fingerprint density at radius 1 is 0.966 bits per heavy atom. The first-order chi connectivity index (χ1) is 13.5. The highest BCUT2D eigenvalue weighted by Crippen LogP contribution is 2.31. The summed E-state index contributed by atoms with van der Waals surface area (Å²) >= 11 is 0. The van der Waals surface area contributed by atoms with Crippen LogP contribution < -0.4 is 10.2 Å². The van der Waals surface area contributed by atoms with Gasteiger partial charge in [-0.1, -0.05) is 0 Å². The van der Waals surface area contributed by atoms with E-state index in [-0.39, 0.29) is 19.0 Å². The number of sulfonamides is 1. The van der Waals surface area contributed by atoms with E-state index < -0.39 is 16.0 Å². The topological polar surface area (TPSA) is 97.2 Å². The third-order valence-electron chi connectivity index (χ3n) is 6.03. The number of hydrogen-bond donors (Lipinski definition) is 2. The predicted octanol–water partition coefficient (Wildman–Crippen LogP) is -0.593. The second-order valence-electron chi connectivity index (χ2n) is 7.64. The third-order valence-corrected chi connectivity index (χ3v) is 8.20. The molecule has 0 aliphatic carbocycles. The maximum absolute atomic E-state index is 13.4. The van der Waals surface area contributed by atoms with Gasteiger partial charge < -0.3 is 15.0 Å². The quantitative estimate of drug-likeness (QED) is 0.593. The molecule has 1 saturated heterocycles. The van der Waals surface area contributed by atoms with Gasteiger partial charge in [-0.15, -0.1) is 0 Å². The van der Waals surface area contributed by atoms with Crippen molar-refractivity contribution in [1.82, 2.24) is 9.62 Å². The third kappa shape index (κ3) is 4.96. The number of nitrogens with zero attached hydrogens (tertiary/aromatic N) is 1. The number of ether oxygens (including phenoxy) is 1. The molecule has 2 N–H and O–H groups in total. The molecule has 1 heterocycles. The zero-order chi connectivity index (χ0) is 21.9. The largest absolute Gasteiger partial charge is 0.468 e. The van der Waals surface area contributed by atoms with Gasteiger partial charge in [0.05, 0.1) is 38.2 Å². The molecule has 0 bridgehead atoms. The lowest BCUT2D eigenvalue weighted by Gasteiger charge is -2.32. The number of carbonyl (C=O) groups is 2. The van der Waals surface area contributed by atoms with Crippen molar-refractivity contribution < 1.29 is 27.6 Å². The van der Waals surface area contributed by atoms with E-state index in [0.717, 1.165) is 32.7 Å². The number of carbonyl (C=O) groups excluding carboxylic acids is 2. The first-order valence-electron chi connectivity index (χ1n) is 9.74. The number of hydrogen-bond acceptors (Lipinski definition) is 5. The van der Waals surface area contributed by atoms with Crippen LogP contribution in [-0.4, -0.2) is 71.0 Å². The van der Waals surface area contributed by atoms with Gasteiger partial charge in [0.15, 0.2) is 6.54 Å². The van der Waals surface area contributed by atoms with Crippen LogP contribution in [0.15, 0.2) is 4.90 Å². The summed E-state index contributed by atoms with van der Waals surface area (Å²) in [4.78, 5) is 24.5. The molecule has 1 aromatic rings. The van der Waals surface area contributed by atoms with Gasteiger partial charge in [0, 0.05) is 0 Å². The van der Waals surface area contributed by atoms with Crippen LogP contribution in [0.4, 0.5) is 0 Å². The molecule has 162 valence electrons. The fourth-order valence-electron chi connectivity index (χ4n) is 3.73. The van der Waals surface area contributed by atoms with Gasteiger partial charge >= 0.3 is 5.97 Å². The summed E-state index contributed by atoms with van der Waals surface area (Å²) < 4.78 is 32.8. The molecule has 1 fully saturated rings. The molecule has 0 saturated carbocycles. The van der Waals surface area contributed by atoms with Crippen LogP contribution in [0.25, 0.3) is 0 Å². The standard InChI is InChI=1S/C20H31N3O5S/c1-13-14(2)16(4)20(17(5)15(13)3)29(26,27)23-9-7-22(8-10-23)12-18(24)21-11-19(25)28-6/h7-12H2,1-6H3,(H,21,24)/p+1. The molecule has 1 amide bonds. The van der Waals surface area contributed by atoms with Crippen LogP contribution in [0, 0.1) is 34.6 Å². The van der Waals surface area contributed by atoms with Crippen LogP contribution in [-0.2, 0) is 24.3 Å². The molecule has 0 radical (unpaired) electrons. The Labute approximate surface area is 173 Å². The van der Waals surface area contributed by atoms with E-state index in [1.807, 2.05) is 34.6 Å². The summed E-state index contributed by atoms with van der Waals surface area (Å²) in [5.74, 6) is -0.753. The maximum atomic E-state index is 13.4. The van der Waals surface area contributed by atoms with Crippen molar-refractivity contribution in [2.24, 2.45) is 0 Å². The molecule has 1 aliphatic heterocycles. The van der Waals surface area contributed by atoms with Gasteiger partial charge in [0.25, 0.3) is 5.91 Å². The van der Waals surface area contributed by atoms with Crippen LogP contribution in [0.2, 0.25) is 0 Å². The van der Waals surface area contributed by atoms with Gasteiger partial charge in [-0.05, 0) is 62.4 Å². The van der Waals surface area contributed by atoms with Gasteiger partial charge in [0.1, 0.15) is 6.54 Å². The first-order valence-corrected chi connectivity index (χ1v) is 11.2. The van der Waals surface area contributed by atoms with Crippen LogP contribution in [0.3, 0.4) is 0 Å². The van der Waals surface area contributed by atoms with E-state index in [4.69, 9.17) is 0 Å². The van der Waals surface area contributed by atoms with E-state index >= 15 is 0 Å². The second kappa shape index (κ2) is 9.23. The molecule has 0 unspecified atom stereocenters. The molecular weight excluding hydrogens is 394 g/mol. The Kier molecular flexibility index (Phi) is 7.42. The zero-order valence-corrected chi connectivity index (χ0v) is 19.0. The van der Waals surface area contributed by atoms with Gasteiger partial charge in [-0.2, -0.15) is 4.31 Å². The molecule has 0 aromatic heterocycles. The van der Waals surface area contributed by atoms with E-state index in [9.17, 15) is 18.0 Å². The molecule has 0 spiro atoms. The summed E-state index contributed by atoms with van der Waals surface area (Å²) in [5, 5.41) is 2.51. The number of piperazine rings is 1. The van der Waals surface area contributed by atoms with Crippen LogP contribution >= 0.6 is 0 Å². The highest BCUT2D eigenvalue weighted by atomic mass is 32.2. The molecular formula is C20H32N3O5S+. The number of benzene rings is 1. The lowest BCUT2D eigenvalue weighted by Crippen LogP contribution is -3.15. The lowest BCUT2D eigenvalue weighted by molar-refractivity contribution is -0.895. The number of methoxy groups -OCH3 is 1. The summed E-state index contributed by atoms with van der Waals surface area (Å²) in [5.41, 5.74) is 4.77. The van der Waals surface area contributed by atoms with Crippen molar-refractivity contribution in [2.75, 3.05) is 46.4 Å². The molecule has 8 nitrogen and oxygen atoms in total. The zero-order valence-electron chi connectivity index (χ0n) is 18.1. The highest BCUT2D eigenvalue weighted by molar-refractivity contribution is 7.89. The minimum atomic E-state index is -3.60. The smallest absolute Gasteiger partial charge is 0.325 e. The van der Waals surface area contributed by atoms with Crippen molar-refractivity contribution in [3.05, 3.63) is 27.8 Å². The molecule has 1 aromatic carbocycles. The fourth-order valence-corrected chi connectivity index (χ4v) is 5.74. The Hall–Kier alpha value is -1.97. The Morgan fingerprint density at radius 2 is 1.45 bits per heavy atom. The van der Waals surface area contributed by atoms with Crippen molar-refractivity contribution in [3.63, 3.8) is 0 Å². The summed E-state index contributed by atoms with van der Waals surface area (Å²) in [6.45, 7) is 11.5. The minimum Gasteiger partial charge on any atom is -0.468 e. The molecule has 1 aliphatic rings. The number of nitrogens with one attached hydrogen (secondary N) is 2. The summed E-state index contributed by atoms with van der Waals surface area (Å²) in [6, 6.07) is 0. The average Bonchev–Trinajstić information content (AvgIpc) is 2.69. The fraction of sp³-hybridized carbons (Fsp3) is 0.600. The van der Waals surface area contributed by atoms with Crippen molar-refractivity contribution in [3.8, 4) is 0 Å². The number of amides is 1. The van der Waals surface area contributed by atoms with E-state index in [1.165, 1.54) is 11.4 Å². The average molecular weight is 427 g/mol. The summed E-state index contributed by atoms with van der Waals surface area (Å²) in [6.07, 6.45) is 0. The predicted molar refractivity (Wildman–Crippen MR) is 109 cm³/mol. The minimum absolute atomic E-state index is 0.159. The Bertz CT molecular complexity index is 874. The Balaban J connectivity index is 2.08. The monoisotopic (exact) mass is 426 g/mol. The first kappa shape index (κ1) is 23.3. The maximum Gasteiger partial charge on any atom is 0.325 e. The highest BCUT2D eigenvalue weighted by Gasteiger charge is 2.34. The van der Waals surface area contributed by atoms with Crippen molar-refractivity contribution in [2.45, 2.75) is 39.5 Å². The molecule has 0 atom stereocenters. The summed E-state index contributed by atoms with van der Waals surface area (Å²) in [7, 11) is -2.34. The SMILES string of the molecule is COC(=O)CNC(=O)C[NH+]1CCN(S(=O)(=O)c2c(C)c(C)c(C)c(C)c2C)CC1. The molecule has 9 heteroatoms. The van der Waals surface area contributed by atoms with Gasteiger partial charge in [-0.25, -0.2) is 8.42 Å². The number of esters is 1. The van der Waals surface area contributed by atoms with Crippen LogP contribution in [0.5, 0.6) is 0 Å². The lowest BCUT2D eigenvalue weighted by atomic mass is 9.95. The van der Waals surface area contributed by atoms with E-state index in [2.05, 4.69) is 10.1 Å². The second-order valence-corrected chi connectivity index (χ2v) is 9.51. The number of quaternary nitrogens is 1. The Morgan fingerprint density at radius 3 is 1.93 bits per heavy atom. The van der Waals surface area contributed by atoms with Gasteiger partial charge in [0.2, 0.25) is 10.0 Å². The molecule has 2 rings (SSSR count). The number of rotatable bonds is 6. The van der Waals surface area contributed by atoms with E-state index in [0.29, 0.717) is 31.1 Å². The van der Waals surface area contributed by atoms with Crippen molar-refractivity contribution >= 4 is 21.9 Å².